The molecule has 2 atom stereocenters. The first-order valence-electron chi connectivity index (χ1n) is 7.41. The van der Waals surface area contributed by atoms with Crippen molar-refractivity contribution in [2.45, 2.75) is 45.7 Å². The minimum absolute atomic E-state index is 0.295. The number of rotatable bonds is 6. The molecule has 8 nitrogen and oxygen atoms in total. The highest BCUT2D eigenvalue weighted by Gasteiger charge is 2.52. The molecule has 1 fully saturated rings. The predicted octanol–water partition coefficient (Wildman–Crippen LogP) is 0.978. The van der Waals surface area contributed by atoms with Crippen LogP contribution in [-0.2, 0) is 38.1 Å². The lowest BCUT2D eigenvalue weighted by atomic mass is 9.83. The van der Waals surface area contributed by atoms with Crippen molar-refractivity contribution in [3.8, 4) is 0 Å². The summed E-state index contributed by atoms with van der Waals surface area (Å²) in [5, 5.41) is 0. The average Bonchev–Trinajstić information content (AvgIpc) is 2.87. The summed E-state index contributed by atoms with van der Waals surface area (Å²) in [6.45, 7) is 6.28. The number of carbonyl (C=O) groups is 3. The number of esters is 3. The molecule has 1 saturated heterocycles. The van der Waals surface area contributed by atoms with Gasteiger partial charge in [0, 0.05) is 6.92 Å². The molecule has 0 amide bonds. The lowest BCUT2D eigenvalue weighted by Gasteiger charge is -2.30. The first kappa shape index (κ1) is 20.1. The van der Waals surface area contributed by atoms with Crippen molar-refractivity contribution < 1.29 is 38.1 Å². The van der Waals surface area contributed by atoms with Crippen LogP contribution in [0.2, 0.25) is 0 Å². The lowest BCUT2D eigenvalue weighted by Crippen LogP contribution is -2.49. The Balaban J connectivity index is 3.11. The summed E-state index contributed by atoms with van der Waals surface area (Å²) in [4.78, 5) is 35.7. The maximum absolute atomic E-state index is 12.2. The zero-order valence-electron chi connectivity index (χ0n) is 14.8. The second-order valence-electron chi connectivity index (χ2n) is 5.97. The Labute approximate surface area is 141 Å². The third-order valence-electron chi connectivity index (χ3n) is 3.61. The molecular formula is C16H24O8. The van der Waals surface area contributed by atoms with E-state index >= 15 is 0 Å². The smallest absolute Gasteiger partial charge is 0.327 e. The van der Waals surface area contributed by atoms with Gasteiger partial charge >= 0.3 is 17.9 Å². The van der Waals surface area contributed by atoms with Gasteiger partial charge in [-0.25, -0.2) is 0 Å². The van der Waals surface area contributed by atoms with Gasteiger partial charge in [0.1, 0.15) is 12.2 Å². The Morgan fingerprint density at radius 3 is 2.12 bits per heavy atom. The first-order valence-corrected chi connectivity index (χ1v) is 7.41. The summed E-state index contributed by atoms with van der Waals surface area (Å²) in [6.07, 6.45) is 1.36. The Morgan fingerprint density at radius 1 is 1.21 bits per heavy atom. The molecule has 1 rings (SSSR count). The van der Waals surface area contributed by atoms with E-state index < -0.39 is 41.3 Å². The summed E-state index contributed by atoms with van der Waals surface area (Å²) < 4.78 is 25.6. The summed E-state index contributed by atoms with van der Waals surface area (Å²) in [7, 11) is 2.27. The van der Waals surface area contributed by atoms with E-state index in [1.165, 1.54) is 19.9 Å². The van der Waals surface area contributed by atoms with Gasteiger partial charge in [0.05, 0.1) is 20.8 Å². The lowest BCUT2D eigenvalue weighted by molar-refractivity contribution is -0.178. The molecule has 24 heavy (non-hydrogen) atoms. The van der Waals surface area contributed by atoms with Gasteiger partial charge in [-0.15, -0.1) is 0 Å². The maximum Gasteiger partial charge on any atom is 0.327 e. The van der Waals surface area contributed by atoms with Gasteiger partial charge in [-0.1, -0.05) is 6.08 Å². The molecule has 1 aliphatic rings. The first-order chi connectivity index (χ1) is 11.1. The molecule has 0 unspecified atom stereocenters. The van der Waals surface area contributed by atoms with Gasteiger partial charge in [-0.3, -0.25) is 14.4 Å². The topological polar surface area (TPSA) is 97.4 Å². The quantitative estimate of drug-likeness (QED) is 0.304. The fourth-order valence-corrected chi connectivity index (χ4v) is 2.30. The SMILES string of the molecule is COC(=O)C(C)(C(=O)OC)[C@@H](C=C[C@H]1COC(C)(C)O1)OC(C)=O. The van der Waals surface area contributed by atoms with Gasteiger partial charge in [-0.2, -0.15) is 0 Å². The van der Waals surface area contributed by atoms with Gasteiger partial charge in [0.2, 0.25) is 5.41 Å². The molecule has 0 aromatic carbocycles. The molecule has 0 N–H and O–H groups in total. The van der Waals surface area contributed by atoms with Crippen LogP contribution < -0.4 is 0 Å². The zero-order chi connectivity index (χ0) is 18.5. The van der Waals surface area contributed by atoms with Crippen LogP contribution in [0.1, 0.15) is 27.7 Å². The van der Waals surface area contributed by atoms with Crippen LogP contribution >= 0.6 is 0 Å². The van der Waals surface area contributed by atoms with Gasteiger partial charge < -0.3 is 23.7 Å². The van der Waals surface area contributed by atoms with Crippen LogP contribution in [0, 0.1) is 5.41 Å². The van der Waals surface area contributed by atoms with E-state index in [2.05, 4.69) is 9.47 Å². The van der Waals surface area contributed by atoms with Crippen LogP contribution in [0.15, 0.2) is 12.2 Å². The number of carbonyl (C=O) groups excluding carboxylic acids is 3. The fourth-order valence-electron chi connectivity index (χ4n) is 2.30. The number of ether oxygens (including phenoxy) is 5. The van der Waals surface area contributed by atoms with Crippen molar-refractivity contribution in [1.82, 2.24) is 0 Å². The highest BCUT2D eigenvalue weighted by atomic mass is 16.7. The second-order valence-corrected chi connectivity index (χ2v) is 5.97. The molecule has 0 spiro atoms. The van der Waals surface area contributed by atoms with Crippen LogP contribution in [0.5, 0.6) is 0 Å². The highest BCUT2D eigenvalue weighted by Crippen LogP contribution is 2.30. The molecule has 136 valence electrons. The molecule has 0 aromatic rings. The fraction of sp³-hybridized carbons (Fsp3) is 0.688. The van der Waals surface area contributed by atoms with Crippen molar-refractivity contribution >= 4 is 17.9 Å². The molecule has 8 heteroatoms. The van der Waals surface area contributed by atoms with E-state index in [9.17, 15) is 14.4 Å². The van der Waals surface area contributed by atoms with Crippen LogP contribution in [0.25, 0.3) is 0 Å². The molecule has 1 aliphatic heterocycles. The van der Waals surface area contributed by atoms with Gasteiger partial charge in [0.15, 0.2) is 5.79 Å². The van der Waals surface area contributed by atoms with Crippen molar-refractivity contribution in [1.29, 1.82) is 0 Å². The summed E-state index contributed by atoms with van der Waals surface area (Å²) in [5.74, 6) is -3.16. The van der Waals surface area contributed by atoms with Crippen molar-refractivity contribution in [2.24, 2.45) is 5.41 Å². The van der Waals surface area contributed by atoms with E-state index in [1.807, 2.05) is 0 Å². The largest absolute Gasteiger partial charge is 0.468 e. The Morgan fingerprint density at radius 2 is 1.75 bits per heavy atom. The third-order valence-corrected chi connectivity index (χ3v) is 3.61. The number of hydrogen-bond donors (Lipinski definition) is 0. The third kappa shape index (κ3) is 4.55. The number of methoxy groups -OCH3 is 2. The molecule has 0 saturated carbocycles. The van der Waals surface area contributed by atoms with E-state index in [0.717, 1.165) is 14.2 Å². The Kier molecular flexibility index (Phi) is 6.50. The van der Waals surface area contributed by atoms with E-state index in [0.29, 0.717) is 6.61 Å². The van der Waals surface area contributed by atoms with Crippen molar-refractivity contribution in [3.63, 3.8) is 0 Å². The molecule has 1 heterocycles. The van der Waals surface area contributed by atoms with Crippen molar-refractivity contribution in [3.05, 3.63) is 12.2 Å². The Bertz CT molecular complexity index is 506. The average molecular weight is 344 g/mol. The zero-order valence-corrected chi connectivity index (χ0v) is 14.8. The monoisotopic (exact) mass is 344 g/mol. The molecule has 0 aromatic heterocycles. The minimum Gasteiger partial charge on any atom is -0.468 e. The number of hydrogen-bond acceptors (Lipinski definition) is 8. The van der Waals surface area contributed by atoms with Crippen LogP contribution in [-0.4, -0.2) is 56.7 Å². The normalized spacial score (nSPS) is 21.3. The van der Waals surface area contributed by atoms with Crippen LogP contribution in [0.4, 0.5) is 0 Å². The van der Waals surface area contributed by atoms with E-state index in [-0.39, 0.29) is 0 Å². The summed E-state index contributed by atoms with van der Waals surface area (Å²) in [5.41, 5.74) is -1.85. The standard InChI is InChI=1S/C16H24O8/c1-10(17)23-12(8-7-11-9-22-15(2,3)24-11)16(4,13(18)20-5)14(19)21-6/h7-8,11-12H,9H2,1-6H3/t11-,12+/m0/s1. The van der Waals surface area contributed by atoms with Gasteiger partial charge in [0.25, 0.3) is 0 Å². The molecular weight excluding hydrogens is 320 g/mol. The molecule has 0 radical (unpaired) electrons. The minimum atomic E-state index is -1.85. The van der Waals surface area contributed by atoms with E-state index in [1.54, 1.807) is 19.9 Å². The molecule has 0 aliphatic carbocycles. The summed E-state index contributed by atoms with van der Waals surface area (Å²) in [6, 6.07) is 0. The second kappa shape index (κ2) is 7.76. The predicted molar refractivity (Wildman–Crippen MR) is 81.7 cm³/mol. The van der Waals surface area contributed by atoms with Crippen molar-refractivity contribution in [2.75, 3.05) is 20.8 Å². The van der Waals surface area contributed by atoms with Crippen LogP contribution in [0.3, 0.4) is 0 Å². The van der Waals surface area contributed by atoms with E-state index in [4.69, 9.17) is 14.2 Å². The maximum atomic E-state index is 12.2. The Hall–Kier alpha value is -1.93. The molecule has 0 bridgehead atoms. The highest BCUT2D eigenvalue weighted by molar-refractivity contribution is 6.00. The summed E-state index contributed by atoms with van der Waals surface area (Å²) >= 11 is 0. The van der Waals surface area contributed by atoms with Gasteiger partial charge in [-0.05, 0) is 26.8 Å².